The van der Waals surface area contributed by atoms with Crippen LogP contribution in [0.15, 0.2) is 41.0 Å². The summed E-state index contributed by atoms with van der Waals surface area (Å²) >= 11 is 6.02. The van der Waals surface area contributed by atoms with Crippen LogP contribution in [0.5, 0.6) is 0 Å². The summed E-state index contributed by atoms with van der Waals surface area (Å²) in [5.41, 5.74) is 2.63. The van der Waals surface area contributed by atoms with Crippen LogP contribution < -0.4 is 0 Å². The van der Waals surface area contributed by atoms with Crippen molar-refractivity contribution < 1.29 is 4.42 Å². The number of hydrogen-bond donors (Lipinski definition) is 0. The zero-order valence-corrected chi connectivity index (χ0v) is 10.6. The maximum atomic E-state index is 6.02. The van der Waals surface area contributed by atoms with E-state index in [9.17, 15) is 0 Å². The minimum Gasteiger partial charge on any atom is -0.464 e. The molecule has 0 radical (unpaired) electrons. The first-order valence-corrected chi connectivity index (χ1v) is 6.16. The number of nitrogens with zero attached hydrogens (tertiary/aromatic N) is 2. The van der Waals surface area contributed by atoms with Gasteiger partial charge in [-0.25, -0.2) is 9.97 Å². The summed E-state index contributed by atoms with van der Waals surface area (Å²) in [6.07, 6.45) is 2.50. The van der Waals surface area contributed by atoms with Crippen molar-refractivity contribution in [1.82, 2.24) is 9.97 Å². The summed E-state index contributed by atoms with van der Waals surface area (Å²) in [6, 6.07) is 9.60. The number of para-hydroxylation sites is 1. The molecule has 0 bridgehead atoms. The number of fused-ring (bicyclic) bond motifs is 1. The molecule has 0 aliphatic carbocycles. The molecule has 0 amide bonds. The predicted molar refractivity (Wildman–Crippen MR) is 71.6 cm³/mol. The van der Waals surface area contributed by atoms with Gasteiger partial charge in [-0.1, -0.05) is 36.7 Å². The lowest BCUT2D eigenvalue weighted by Gasteiger charge is -2.01. The highest BCUT2D eigenvalue weighted by molar-refractivity contribution is 6.29. The number of aromatic nitrogens is 2. The highest BCUT2D eigenvalue weighted by Crippen LogP contribution is 2.28. The van der Waals surface area contributed by atoms with Crippen LogP contribution in [0, 0.1) is 0 Å². The van der Waals surface area contributed by atoms with Crippen molar-refractivity contribution in [3.63, 3.8) is 0 Å². The van der Waals surface area contributed by atoms with E-state index in [1.54, 1.807) is 12.3 Å². The van der Waals surface area contributed by atoms with Crippen molar-refractivity contribution in [2.75, 3.05) is 0 Å². The number of benzene rings is 1. The van der Waals surface area contributed by atoms with E-state index in [1.807, 2.05) is 31.2 Å². The van der Waals surface area contributed by atoms with Gasteiger partial charge in [-0.15, -0.1) is 0 Å². The lowest BCUT2D eigenvalue weighted by molar-refractivity contribution is 0.616. The number of rotatable bonds is 2. The van der Waals surface area contributed by atoms with Gasteiger partial charge in [0.15, 0.2) is 5.82 Å². The lowest BCUT2D eigenvalue weighted by atomic mass is 10.1. The first kappa shape index (κ1) is 11.2. The molecule has 18 heavy (non-hydrogen) atoms. The molecule has 3 rings (SSSR count). The Balaban J connectivity index is 2.22. The third kappa shape index (κ3) is 1.87. The zero-order valence-electron chi connectivity index (χ0n) is 9.85. The predicted octanol–water partition coefficient (Wildman–Crippen LogP) is 4.11. The molecule has 1 aromatic carbocycles. The van der Waals surface area contributed by atoms with E-state index in [-0.39, 0.29) is 0 Å². The first-order chi connectivity index (χ1) is 8.78. The van der Waals surface area contributed by atoms with E-state index in [0.29, 0.717) is 11.0 Å². The number of aryl methyl sites for hydroxylation is 1. The molecule has 2 aromatic heterocycles. The Morgan fingerprint density at radius 3 is 2.89 bits per heavy atom. The van der Waals surface area contributed by atoms with Crippen LogP contribution in [0.1, 0.15) is 12.6 Å². The van der Waals surface area contributed by atoms with Crippen molar-refractivity contribution in [3.05, 3.63) is 47.4 Å². The summed E-state index contributed by atoms with van der Waals surface area (Å²) in [4.78, 5) is 8.76. The summed E-state index contributed by atoms with van der Waals surface area (Å²) in [5.74, 6) is 0.615. The Bertz CT molecular complexity index is 706. The average Bonchev–Trinajstić information content (AvgIpc) is 2.81. The highest BCUT2D eigenvalue weighted by Gasteiger charge is 2.11. The van der Waals surface area contributed by atoms with Crippen LogP contribution in [0.3, 0.4) is 0 Å². The molecule has 0 saturated heterocycles. The topological polar surface area (TPSA) is 38.9 Å². The standard InChI is InChI=1S/C14H11ClN2O/c1-2-9-7-13(15)17-14(16-9)11-8-18-12-6-4-3-5-10(11)12/h3-8H,2H2,1H3. The molecule has 3 aromatic rings. The lowest BCUT2D eigenvalue weighted by Crippen LogP contribution is -1.94. The molecule has 0 aliphatic rings. The average molecular weight is 259 g/mol. The molecule has 2 heterocycles. The van der Waals surface area contributed by atoms with Gasteiger partial charge in [0, 0.05) is 11.1 Å². The van der Waals surface area contributed by atoms with Gasteiger partial charge < -0.3 is 4.42 Å². The maximum Gasteiger partial charge on any atom is 0.164 e. The van der Waals surface area contributed by atoms with Crippen molar-refractivity contribution in [3.8, 4) is 11.4 Å². The van der Waals surface area contributed by atoms with Crippen molar-refractivity contribution in [1.29, 1.82) is 0 Å². The van der Waals surface area contributed by atoms with Gasteiger partial charge in [0.25, 0.3) is 0 Å². The smallest absolute Gasteiger partial charge is 0.164 e. The van der Waals surface area contributed by atoms with Crippen LogP contribution in [-0.2, 0) is 6.42 Å². The summed E-state index contributed by atoms with van der Waals surface area (Å²) < 4.78 is 5.49. The van der Waals surface area contributed by atoms with Gasteiger partial charge in [0.1, 0.15) is 17.0 Å². The molecule has 0 saturated carbocycles. The van der Waals surface area contributed by atoms with Crippen molar-refractivity contribution >= 4 is 22.6 Å². The quantitative estimate of drug-likeness (QED) is 0.650. The van der Waals surface area contributed by atoms with Gasteiger partial charge in [0.2, 0.25) is 0 Å². The number of hydrogen-bond acceptors (Lipinski definition) is 3. The Morgan fingerprint density at radius 1 is 1.22 bits per heavy atom. The molecule has 90 valence electrons. The fourth-order valence-electron chi connectivity index (χ4n) is 1.92. The second-order valence-corrected chi connectivity index (χ2v) is 4.39. The molecule has 0 atom stereocenters. The monoisotopic (exact) mass is 258 g/mol. The number of halogens is 1. The largest absolute Gasteiger partial charge is 0.464 e. The van der Waals surface area contributed by atoms with Gasteiger partial charge in [-0.2, -0.15) is 0 Å². The second kappa shape index (κ2) is 4.42. The second-order valence-electron chi connectivity index (χ2n) is 4.00. The third-order valence-corrected chi connectivity index (χ3v) is 3.03. The van der Waals surface area contributed by atoms with E-state index in [1.165, 1.54) is 0 Å². The Hall–Kier alpha value is -1.87. The van der Waals surface area contributed by atoms with Crippen molar-refractivity contribution in [2.45, 2.75) is 13.3 Å². The van der Waals surface area contributed by atoms with Crippen LogP contribution in [-0.4, -0.2) is 9.97 Å². The Labute approximate surface area is 109 Å². The molecule has 0 N–H and O–H groups in total. The van der Waals surface area contributed by atoms with Crippen LogP contribution in [0.2, 0.25) is 5.15 Å². The van der Waals surface area contributed by atoms with E-state index in [2.05, 4.69) is 9.97 Å². The summed E-state index contributed by atoms with van der Waals surface area (Å²) in [6.45, 7) is 2.04. The van der Waals surface area contributed by atoms with Crippen molar-refractivity contribution in [2.24, 2.45) is 0 Å². The minimum absolute atomic E-state index is 0.460. The van der Waals surface area contributed by atoms with E-state index >= 15 is 0 Å². The molecule has 0 fully saturated rings. The molecular weight excluding hydrogens is 248 g/mol. The molecule has 3 nitrogen and oxygen atoms in total. The van der Waals surface area contributed by atoms with Crippen LogP contribution in [0.25, 0.3) is 22.4 Å². The molecular formula is C14H11ClN2O. The third-order valence-electron chi connectivity index (χ3n) is 2.83. The highest BCUT2D eigenvalue weighted by atomic mass is 35.5. The molecule has 0 spiro atoms. The maximum absolute atomic E-state index is 6.02. The van der Waals surface area contributed by atoms with Gasteiger partial charge in [0.05, 0.1) is 5.56 Å². The van der Waals surface area contributed by atoms with Crippen LogP contribution in [0.4, 0.5) is 0 Å². The van der Waals surface area contributed by atoms with Gasteiger partial charge in [-0.05, 0) is 18.6 Å². The minimum atomic E-state index is 0.460. The fraction of sp³-hybridized carbons (Fsp3) is 0.143. The van der Waals surface area contributed by atoms with E-state index < -0.39 is 0 Å². The van der Waals surface area contributed by atoms with Crippen LogP contribution >= 0.6 is 11.6 Å². The van der Waals surface area contributed by atoms with E-state index in [0.717, 1.165) is 28.6 Å². The first-order valence-electron chi connectivity index (χ1n) is 5.78. The van der Waals surface area contributed by atoms with Gasteiger partial charge in [-0.3, -0.25) is 0 Å². The summed E-state index contributed by atoms with van der Waals surface area (Å²) in [7, 11) is 0. The van der Waals surface area contributed by atoms with Gasteiger partial charge >= 0.3 is 0 Å². The molecule has 0 unspecified atom stereocenters. The summed E-state index contributed by atoms with van der Waals surface area (Å²) in [5, 5.41) is 1.46. The zero-order chi connectivity index (χ0) is 12.5. The van der Waals surface area contributed by atoms with E-state index in [4.69, 9.17) is 16.0 Å². The SMILES string of the molecule is CCc1cc(Cl)nc(-c2coc3ccccc23)n1. The number of furan rings is 1. The Kier molecular flexibility index (Phi) is 2.76. The molecule has 0 aliphatic heterocycles. The normalized spacial score (nSPS) is 11.0. The Morgan fingerprint density at radius 2 is 2.06 bits per heavy atom. The molecule has 4 heteroatoms. The fourth-order valence-corrected chi connectivity index (χ4v) is 2.12.